The van der Waals surface area contributed by atoms with Gasteiger partial charge in [0.15, 0.2) is 6.23 Å². The molecule has 5 rings (SSSR count). The van der Waals surface area contributed by atoms with Crippen LogP contribution in [0.3, 0.4) is 0 Å². The zero-order chi connectivity index (χ0) is 37.6. The summed E-state index contributed by atoms with van der Waals surface area (Å²) in [6.07, 6.45) is 1.59. The molecule has 1 aliphatic heterocycles. The van der Waals surface area contributed by atoms with E-state index in [1.165, 1.54) is 31.2 Å². The van der Waals surface area contributed by atoms with Crippen molar-refractivity contribution in [3.05, 3.63) is 88.4 Å². The fraction of sp³-hybridized carbons (Fsp3) is 0.421. The van der Waals surface area contributed by atoms with Crippen molar-refractivity contribution in [1.29, 1.82) is 0 Å². The van der Waals surface area contributed by atoms with Crippen molar-refractivity contribution >= 4 is 40.8 Å². The van der Waals surface area contributed by atoms with Gasteiger partial charge in [-0.1, -0.05) is 53.7 Å². The van der Waals surface area contributed by atoms with Crippen molar-refractivity contribution in [3.63, 3.8) is 0 Å². The van der Waals surface area contributed by atoms with Crippen molar-refractivity contribution in [2.45, 2.75) is 77.4 Å². The Hall–Kier alpha value is -4.20. The van der Waals surface area contributed by atoms with E-state index in [-0.39, 0.29) is 51.5 Å². The van der Waals surface area contributed by atoms with Crippen LogP contribution >= 0.6 is 0 Å². The molecule has 1 aromatic heterocycles. The third-order valence-corrected chi connectivity index (χ3v) is 17.3. The zero-order valence-electron chi connectivity index (χ0n) is 30.9. The third kappa shape index (κ3) is 6.90. The molecule has 1 atom stereocenters. The normalized spacial score (nSPS) is 14.9. The van der Waals surface area contributed by atoms with Crippen LogP contribution in [0.5, 0.6) is 17.2 Å². The number of nitrogens with zero attached hydrogens (tertiary/aromatic N) is 3. The van der Waals surface area contributed by atoms with Crippen LogP contribution in [0.1, 0.15) is 80.4 Å². The van der Waals surface area contributed by atoms with Crippen LogP contribution in [0.25, 0.3) is 10.9 Å². The molecular weight excluding hydrogens is 690 g/mol. The molecular formula is C38H48FN3O7SSi. The second-order valence-electron chi connectivity index (χ2n) is 14.1. The predicted octanol–water partition coefficient (Wildman–Crippen LogP) is 7.58. The summed E-state index contributed by atoms with van der Waals surface area (Å²) in [5, 5.41) is 12.6. The SMILES string of the molecule is COc1ccc(CN2C(=O)c3c(c(N(C)S(C)(=O)=O)c4cc(Cc5ccc(F)cc5)cnc4c3O[Si](C(C)C)(C(C)C)C(C)C)C2O)c(OC)c1. The summed E-state index contributed by atoms with van der Waals surface area (Å²) in [5.41, 5.74) is 3.22. The number of hydrogen-bond donors (Lipinski definition) is 1. The van der Waals surface area contributed by atoms with Crippen molar-refractivity contribution in [2.75, 3.05) is 31.8 Å². The number of amides is 1. The molecule has 0 saturated heterocycles. The number of hydrogen-bond acceptors (Lipinski definition) is 8. The van der Waals surface area contributed by atoms with Gasteiger partial charge >= 0.3 is 0 Å². The standard InChI is InChI=1S/C38H48FN3O7SSi/c1-22(2)51(23(3)4,24(5)6)49-36-33-32(37(43)42(38(33)44)21-27-13-16-29(47-8)19-31(27)48-9)35(41(7)50(10,45)46)30-18-26(20-40-34(30)36)17-25-11-14-28(39)15-12-25/h11-16,18-20,22-24,37,43H,17,21H2,1-10H3. The van der Waals surface area contributed by atoms with Crippen LogP contribution in [-0.4, -0.2) is 65.2 Å². The lowest BCUT2D eigenvalue weighted by Gasteiger charge is -2.42. The smallest absolute Gasteiger partial charge is 0.260 e. The van der Waals surface area contributed by atoms with E-state index in [1.807, 2.05) is 6.07 Å². The molecule has 274 valence electrons. The molecule has 0 fully saturated rings. The number of carbonyl (C=O) groups excluding carboxylic acids is 1. The highest BCUT2D eigenvalue weighted by molar-refractivity contribution is 7.92. The van der Waals surface area contributed by atoms with Crippen molar-refractivity contribution in [2.24, 2.45) is 0 Å². The van der Waals surface area contributed by atoms with E-state index in [0.29, 0.717) is 34.4 Å². The minimum atomic E-state index is -3.91. The van der Waals surface area contributed by atoms with E-state index in [4.69, 9.17) is 18.9 Å². The molecule has 1 unspecified atom stereocenters. The lowest BCUT2D eigenvalue weighted by molar-refractivity contribution is 0.0137. The number of anilines is 1. The molecule has 10 nitrogen and oxygen atoms in total. The van der Waals surface area contributed by atoms with Crippen molar-refractivity contribution in [3.8, 4) is 17.2 Å². The quantitative estimate of drug-likeness (QED) is 0.140. The van der Waals surface area contributed by atoms with Gasteiger partial charge in [0, 0.05) is 35.8 Å². The Balaban J connectivity index is 1.84. The summed E-state index contributed by atoms with van der Waals surface area (Å²) in [4.78, 5) is 20.9. The number of rotatable bonds is 13. The van der Waals surface area contributed by atoms with Crippen LogP contribution in [0.2, 0.25) is 16.6 Å². The van der Waals surface area contributed by atoms with E-state index in [9.17, 15) is 22.7 Å². The highest BCUT2D eigenvalue weighted by Crippen LogP contribution is 2.52. The summed E-state index contributed by atoms with van der Waals surface area (Å²) in [5.74, 6) is 0.388. The first-order chi connectivity index (χ1) is 24.0. The van der Waals surface area contributed by atoms with Gasteiger partial charge in [-0.2, -0.15) is 0 Å². The van der Waals surface area contributed by atoms with Gasteiger partial charge in [-0.05, 0) is 64.5 Å². The first-order valence-corrected chi connectivity index (χ1v) is 21.0. The largest absolute Gasteiger partial charge is 0.541 e. The Morgan fingerprint density at radius 3 is 2.14 bits per heavy atom. The lowest BCUT2D eigenvalue weighted by atomic mass is 9.98. The topological polar surface area (TPSA) is 119 Å². The molecule has 1 aliphatic rings. The summed E-state index contributed by atoms with van der Waals surface area (Å²) < 4.78 is 59.7. The van der Waals surface area contributed by atoms with E-state index in [2.05, 4.69) is 41.5 Å². The fourth-order valence-electron chi connectivity index (χ4n) is 7.64. The van der Waals surface area contributed by atoms with Crippen molar-refractivity contribution < 1.29 is 36.6 Å². The molecule has 2 heterocycles. The monoisotopic (exact) mass is 737 g/mol. The summed E-state index contributed by atoms with van der Waals surface area (Å²) in [7, 11) is -2.22. The highest BCUT2D eigenvalue weighted by atomic mass is 32.2. The molecule has 0 saturated carbocycles. The first-order valence-electron chi connectivity index (χ1n) is 17.0. The van der Waals surface area contributed by atoms with Gasteiger partial charge in [-0.25, -0.2) is 12.8 Å². The van der Waals surface area contributed by atoms with E-state index in [0.717, 1.165) is 21.7 Å². The molecule has 4 aromatic rings. The van der Waals surface area contributed by atoms with E-state index < -0.39 is 30.5 Å². The number of carbonyl (C=O) groups is 1. The maximum absolute atomic E-state index is 14.8. The van der Waals surface area contributed by atoms with Gasteiger partial charge in [0.1, 0.15) is 28.6 Å². The Morgan fingerprint density at radius 1 is 0.961 bits per heavy atom. The highest BCUT2D eigenvalue weighted by Gasteiger charge is 2.50. The number of ether oxygens (including phenoxy) is 2. The van der Waals surface area contributed by atoms with Gasteiger partial charge in [0.2, 0.25) is 10.0 Å². The van der Waals surface area contributed by atoms with Crippen LogP contribution in [0.4, 0.5) is 10.1 Å². The van der Waals surface area contributed by atoms with E-state index in [1.54, 1.807) is 43.6 Å². The number of aliphatic hydroxyl groups is 1. The van der Waals surface area contributed by atoms with Gasteiger partial charge < -0.3 is 23.9 Å². The number of benzene rings is 3. The zero-order valence-corrected chi connectivity index (χ0v) is 32.8. The van der Waals surface area contributed by atoms with Crippen LogP contribution in [0.15, 0.2) is 54.7 Å². The molecule has 0 spiro atoms. The summed E-state index contributed by atoms with van der Waals surface area (Å²) in [6.45, 7) is 12.7. The Kier molecular flexibility index (Phi) is 10.8. The molecule has 1 N–H and O–H groups in total. The number of aromatic nitrogens is 1. The number of aliphatic hydroxyl groups excluding tert-OH is 1. The van der Waals surface area contributed by atoms with Crippen LogP contribution in [-0.2, 0) is 23.0 Å². The second kappa shape index (κ2) is 14.4. The molecule has 1 amide bonds. The minimum Gasteiger partial charge on any atom is -0.541 e. The van der Waals surface area contributed by atoms with Gasteiger partial charge in [0.25, 0.3) is 14.2 Å². The van der Waals surface area contributed by atoms with Gasteiger partial charge in [0.05, 0.1) is 38.3 Å². The number of fused-ring (bicyclic) bond motifs is 2. The Morgan fingerprint density at radius 2 is 1.59 bits per heavy atom. The first kappa shape index (κ1) is 38.0. The van der Waals surface area contributed by atoms with E-state index >= 15 is 0 Å². The van der Waals surface area contributed by atoms with Gasteiger partial charge in [-0.15, -0.1) is 0 Å². The summed E-state index contributed by atoms with van der Waals surface area (Å²) >= 11 is 0. The maximum Gasteiger partial charge on any atom is 0.260 e. The number of methoxy groups -OCH3 is 2. The summed E-state index contributed by atoms with van der Waals surface area (Å²) in [6, 6.07) is 13.2. The lowest BCUT2D eigenvalue weighted by Crippen LogP contribution is -2.51. The number of pyridine rings is 1. The molecule has 3 aromatic carbocycles. The Bertz CT molecular complexity index is 2030. The van der Waals surface area contributed by atoms with Gasteiger partial charge in [-0.3, -0.25) is 14.1 Å². The molecule has 51 heavy (non-hydrogen) atoms. The average Bonchev–Trinajstić information content (AvgIpc) is 3.31. The molecule has 0 aliphatic carbocycles. The Labute approximate surface area is 301 Å². The minimum absolute atomic E-state index is 0.0516. The predicted molar refractivity (Wildman–Crippen MR) is 200 cm³/mol. The maximum atomic E-state index is 14.8. The number of sulfonamides is 1. The third-order valence-electron chi connectivity index (χ3n) is 10.1. The van der Waals surface area contributed by atoms with Crippen molar-refractivity contribution in [1.82, 2.24) is 9.88 Å². The average molecular weight is 738 g/mol. The fourth-order valence-corrected chi connectivity index (χ4v) is 13.4. The van der Waals surface area contributed by atoms with Crippen LogP contribution < -0.4 is 18.2 Å². The molecule has 0 radical (unpaired) electrons. The molecule has 0 bridgehead atoms. The second-order valence-corrected chi connectivity index (χ2v) is 21.5. The molecule has 13 heteroatoms. The van der Waals surface area contributed by atoms with Crippen LogP contribution in [0, 0.1) is 5.82 Å². The number of halogens is 1.